The molecule has 0 fully saturated rings. The fraction of sp³-hybridized carbons (Fsp3) is 0.350. The number of rotatable bonds is 11. The third-order valence-corrected chi connectivity index (χ3v) is 6.05. The van der Waals surface area contributed by atoms with E-state index >= 15 is 0 Å². The Bertz CT molecular complexity index is 898. The summed E-state index contributed by atoms with van der Waals surface area (Å²) in [6, 6.07) is 13.0. The number of nitrogens with zero attached hydrogens (tertiary/aromatic N) is 1. The summed E-state index contributed by atoms with van der Waals surface area (Å²) in [6.45, 7) is 1.91. The Kier molecular flexibility index (Phi) is 8.00. The molecule has 0 spiro atoms. The van der Waals surface area contributed by atoms with E-state index in [0.717, 1.165) is 9.87 Å². The molecule has 8 nitrogen and oxygen atoms in total. The van der Waals surface area contributed by atoms with Crippen LogP contribution in [0.4, 0.5) is 5.69 Å². The summed E-state index contributed by atoms with van der Waals surface area (Å²) in [5.74, 6) is -0.369. The number of carboxylic acid groups (broad SMARTS) is 1. The van der Waals surface area contributed by atoms with Gasteiger partial charge in [-0.3, -0.25) is 9.10 Å². The molecule has 3 N–H and O–H groups in total. The monoisotopic (exact) mass is 422 g/mol. The number of carbonyl (C=O) groups is 1. The second-order valence-electron chi connectivity index (χ2n) is 6.55. The second kappa shape index (κ2) is 10.2. The van der Waals surface area contributed by atoms with E-state index in [-0.39, 0.29) is 31.0 Å². The molecule has 0 aromatic heterocycles. The van der Waals surface area contributed by atoms with Gasteiger partial charge in [0, 0.05) is 13.1 Å². The molecule has 2 aromatic carbocycles. The number of aliphatic carboxylic acids is 1. The minimum atomic E-state index is -3.92. The maximum Gasteiger partial charge on any atom is 0.304 e. The van der Waals surface area contributed by atoms with E-state index in [9.17, 15) is 18.3 Å². The predicted octanol–water partition coefficient (Wildman–Crippen LogP) is 1.62. The normalized spacial score (nSPS) is 12.4. The van der Waals surface area contributed by atoms with Gasteiger partial charge in [-0.25, -0.2) is 8.42 Å². The molecule has 0 saturated heterocycles. The predicted molar refractivity (Wildman–Crippen MR) is 110 cm³/mol. The van der Waals surface area contributed by atoms with Crippen LogP contribution in [0.15, 0.2) is 53.4 Å². The SMILES string of the molecule is COc1ccc(N(C[C@@H](O)CNCCC(=O)O)S(=O)(=O)c2ccc(C)cc2)cc1. The molecule has 2 aromatic rings. The van der Waals surface area contributed by atoms with Gasteiger partial charge in [0.05, 0.1) is 36.8 Å². The summed E-state index contributed by atoms with van der Waals surface area (Å²) in [5.41, 5.74) is 1.32. The van der Waals surface area contributed by atoms with Gasteiger partial charge in [-0.2, -0.15) is 0 Å². The molecule has 0 bridgehead atoms. The summed E-state index contributed by atoms with van der Waals surface area (Å²) in [7, 11) is -2.40. The van der Waals surface area contributed by atoms with Crippen LogP contribution in [0, 0.1) is 6.92 Å². The van der Waals surface area contributed by atoms with E-state index < -0.39 is 22.1 Å². The maximum atomic E-state index is 13.2. The number of anilines is 1. The van der Waals surface area contributed by atoms with Gasteiger partial charge >= 0.3 is 5.97 Å². The molecular weight excluding hydrogens is 396 g/mol. The van der Waals surface area contributed by atoms with Crippen molar-refractivity contribution in [1.82, 2.24) is 5.32 Å². The molecule has 0 saturated carbocycles. The number of methoxy groups -OCH3 is 1. The first-order valence-electron chi connectivity index (χ1n) is 9.08. The number of sulfonamides is 1. The van der Waals surface area contributed by atoms with E-state index in [1.165, 1.54) is 19.2 Å². The van der Waals surface area contributed by atoms with Gasteiger partial charge in [-0.15, -0.1) is 0 Å². The number of hydrogen-bond acceptors (Lipinski definition) is 6. The van der Waals surface area contributed by atoms with Crippen molar-refractivity contribution in [3.63, 3.8) is 0 Å². The average molecular weight is 423 g/mol. The molecule has 0 unspecified atom stereocenters. The first-order chi connectivity index (χ1) is 13.7. The zero-order valence-electron chi connectivity index (χ0n) is 16.4. The van der Waals surface area contributed by atoms with Crippen LogP contribution in [0.5, 0.6) is 5.75 Å². The molecule has 2 rings (SSSR count). The van der Waals surface area contributed by atoms with Gasteiger partial charge in [0.2, 0.25) is 0 Å². The third-order valence-electron chi connectivity index (χ3n) is 4.24. The standard InChI is InChI=1S/C20H26N2O6S/c1-15-3-9-19(10-4-15)29(26,27)22(16-5-7-18(28-2)8-6-16)14-17(23)13-21-12-11-20(24)25/h3-10,17,21,23H,11-14H2,1-2H3,(H,24,25)/t17-/m0/s1. The molecule has 0 aliphatic carbocycles. The summed E-state index contributed by atoms with van der Waals surface area (Å²) in [4.78, 5) is 10.7. The van der Waals surface area contributed by atoms with Crippen molar-refractivity contribution in [3.05, 3.63) is 54.1 Å². The Labute approximate surface area is 170 Å². The minimum Gasteiger partial charge on any atom is -0.497 e. The highest BCUT2D eigenvalue weighted by Gasteiger charge is 2.27. The van der Waals surface area contributed by atoms with Crippen LogP contribution in [-0.2, 0) is 14.8 Å². The largest absolute Gasteiger partial charge is 0.497 e. The topological polar surface area (TPSA) is 116 Å². The van der Waals surface area contributed by atoms with Crippen molar-refractivity contribution in [2.45, 2.75) is 24.3 Å². The minimum absolute atomic E-state index is 0.0589. The fourth-order valence-corrected chi connectivity index (χ4v) is 4.15. The van der Waals surface area contributed by atoms with Gasteiger partial charge in [0.1, 0.15) is 5.75 Å². The molecule has 1 atom stereocenters. The van der Waals surface area contributed by atoms with Crippen LogP contribution in [-0.4, -0.2) is 57.4 Å². The summed E-state index contributed by atoms with van der Waals surface area (Å²) in [5, 5.41) is 21.8. The van der Waals surface area contributed by atoms with Gasteiger partial charge in [0.15, 0.2) is 0 Å². The third kappa shape index (κ3) is 6.45. The van der Waals surface area contributed by atoms with Crippen LogP contribution in [0.25, 0.3) is 0 Å². The van der Waals surface area contributed by atoms with Crippen LogP contribution < -0.4 is 14.4 Å². The van der Waals surface area contributed by atoms with Gasteiger partial charge in [-0.1, -0.05) is 17.7 Å². The van der Waals surface area contributed by atoms with Gasteiger partial charge < -0.3 is 20.3 Å². The van der Waals surface area contributed by atoms with Crippen molar-refractivity contribution < 1.29 is 28.2 Å². The summed E-state index contributed by atoms with van der Waals surface area (Å²) < 4.78 is 32.7. The lowest BCUT2D eigenvalue weighted by atomic mass is 10.2. The Morgan fingerprint density at radius 2 is 1.76 bits per heavy atom. The van der Waals surface area contributed by atoms with Crippen molar-refractivity contribution in [1.29, 1.82) is 0 Å². The lowest BCUT2D eigenvalue weighted by Gasteiger charge is -2.27. The molecule has 0 heterocycles. The lowest BCUT2D eigenvalue weighted by Crippen LogP contribution is -2.42. The van der Waals surface area contributed by atoms with Crippen molar-refractivity contribution >= 4 is 21.7 Å². The fourth-order valence-electron chi connectivity index (χ4n) is 2.65. The molecule has 0 amide bonds. The molecule has 158 valence electrons. The van der Waals surface area contributed by atoms with Crippen LogP contribution in [0.2, 0.25) is 0 Å². The number of ether oxygens (including phenoxy) is 1. The molecule has 0 aliphatic rings. The molecular formula is C20H26N2O6S. The number of aliphatic hydroxyl groups is 1. The van der Waals surface area contributed by atoms with Crippen molar-refractivity contribution in [3.8, 4) is 5.75 Å². The molecule has 0 radical (unpaired) electrons. The number of carboxylic acids is 1. The number of aryl methyl sites for hydroxylation is 1. The van der Waals surface area contributed by atoms with E-state index in [1.54, 1.807) is 36.4 Å². The van der Waals surface area contributed by atoms with E-state index in [1.807, 2.05) is 6.92 Å². The Morgan fingerprint density at radius 1 is 1.14 bits per heavy atom. The Balaban J connectivity index is 2.25. The number of benzene rings is 2. The molecule has 0 aliphatic heterocycles. The van der Waals surface area contributed by atoms with Crippen LogP contribution in [0.3, 0.4) is 0 Å². The number of aliphatic hydroxyl groups excluding tert-OH is 1. The zero-order chi connectivity index (χ0) is 21.4. The highest BCUT2D eigenvalue weighted by atomic mass is 32.2. The summed E-state index contributed by atoms with van der Waals surface area (Å²) >= 11 is 0. The molecule has 29 heavy (non-hydrogen) atoms. The van der Waals surface area contributed by atoms with Crippen molar-refractivity contribution in [2.24, 2.45) is 0 Å². The lowest BCUT2D eigenvalue weighted by molar-refractivity contribution is -0.136. The first kappa shape index (κ1) is 22.7. The smallest absolute Gasteiger partial charge is 0.304 e. The first-order valence-corrected chi connectivity index (χ1v) is 10.5. The van der Waals surface area contributed by atoms with Crippen LogP contribution in [0.1, 0.15) is 12.0 Å². The van der Waals surface area contributed by atoms with E-state index in [2.05, 4.69) is 5.32 Å². The van der Waals surface area contributed by atoms with Crippen LogP contribution >= 0.6 is 0 Å². The molecule has 9 heteroatoms. The highest BCUT2D eigenvalue weighted by molar-refractivity contribution is 7.92. The maximum absolute atomic E-state index is 13.2. The quantitative estimate of drug-likeness (QED) is 0.471. The highest BCUT2D eigenvalue weighted by Crippen LogP contribution is 2.26. The second-order valence-corrected chi connectivity index (χ2v) is 8.41. The van der Waals surface area contributed by atoms with E-state index in [4.69, 9.17) is 9.84 Å². The number of nitrogens with one attached hydrogen (secondary N) is 1. The Hall–Kier alpha value is -2.62. The van der Waals surface area contributed by atoms with E-state index in [0.29, 0.717) is 11.4 Å². The van der Waals surface area contributed by atoms with Gasteiger partial charge in [0.25, 0.3) is 10.0 Å². The average Bonchev–Trinajstić information content (AvgIpc) is 2.69. The van der Waals surface area contributed by atoms with Crippen molar-refractivity contribution in [2.75, 3.05) is 31.0 Å². The zero-order valence-corrected chi connectivity index (χ0v) is 17.2. The Morgan fingerprint density at radius 3 is 2.31 bits per heavy atom. The van der Waals surface area contributed by atoms with Gasteiger partial charge in [-0.05, 0) is 43.3 Å². The summed E-state index contributed by atoms with van der Waals surface area (Å²) in [6.07, 6.45) is -1.12. The number of hydrogen-bond donors (Lipinski definition) is 3.